The van der Waals surface area contributed by atoms with Gasteiger partial charge in [0.25, 0.3) is 0 Å². The number of hydrogen-bond donors (Lipinski definition) is 1. The highest BCUT2D eigenvalue weighted by Gasteiger charge is 2.53. The van der Waals surface area contributed by atoms with Gasteiger partial charge in [-0.15, -0.1) is 0 Å². The topological polar surface area (TPSA) is 118 Å². The van der Waals surface area contributed by atoms with Gasteiger partial charge in [-0.05, 0) is 13.3 Å². The molecule has 148 valence electrons. The lowest BCUT2D eigenvalue weighted by molar-refractivity contribution is -0.0524. The van der Waals surface area contributed by atoms with Gasteiger partial charge in [0.1, 0.15) is 0 Å². The van der Waals surface area contributed by atoms with Crippen LogP contribution in [0.4, 0.5) is 19.8 Å². The molecular weight excluding hydrogens is 365 g/mol. The van der Waals surface area contributed by atoms with E-state index in [0.717, 1.165) is 23.6 Å². The van der Waals surface area contributed by atoms with E-state index in [-0.39, 0.29) is 6.61 Å². The molecule has 1 amide bonds. The van der Waals surface area contributed by atoms with Gasteiger partial charge in [0.05, 0.1) is 18.9 Å². The normalized spacial score (nSPS) is 26.3. The molecule has 1 N–H and O–H groups in total. The number of carbonyl (C=O) groups excluding carboxylic acids is 2. The number of hydrogen-bond acceptors (Lipinski definition) is 8. The molecule has 0 saturated carbocycles. The van der Waals surface area contributed by atoms with Crippen LogP contribution in [0.3, 0.4) is 0 Å². The minimum absolute atomic E-state index is 0.181. The van der Waals surface area contributed by atoms with Gasteiger partial charge in [0.15, 0.2) is 30.1 Å². The van der Waals surface area contributed by atoms with Crippen LogP contribution in [0.25, 0.3) is 0 Å². The number of rotatable bonds is 6. The highest BCUT2D eigenvalue weighted by molar-refractivity contribution is 5.83. The summed E-state index contributed by atoms with van der Waals surface area (Å²) in [5, 5.41) is 2.10. The number of carbonyl (C=O) groups is 2. The van der Waals surface area contributed by atoms with Crippen molar-refractivity contribution in [3.63, 3.8) is 0 Å². The van der Waals surface area contributed by atoms with E-state index in [4.69, 9.17) is 18.9 Å². The fraction of sp³-hybridized carbons (Fsp3) is 0.625. The molecule has 1 aromatic heterocycles. The molecule has 2 unspecified atom stereocenters. The second-order valence-electron chi connectivity index (χ2n) is 6.24. The van der Waals surface area contributed by atoms with Crippen molar-refractivity contribution >= 4 is 18.1 Å². The minimum Gasteiger partial charge on any atom is -0.449 e. The molecule has 0 aromatic carbocycles. The van der Waals surface area contributed by atoms with E-state index in [1.165, 1.54) is 0 Å². The summed E-state index contributed by atoms with van der Waals surface area (Å²) >= 11 is 0. The van der Waals surface area contributed by atoms with Gasteiger partial charge in [-0.2, -0.15) is 4.98 Å². The van der Waals surface area contributed by atoms with Gasteiger partial charge in [0, 0.05) is 0 Å². The number of halogens is 1. The number of nitrogens with one attached hydrogen (secondary N) is 1. The van der Waals surface area contributed by atoms with Gasteiger partial charge < -0.3 is 18.9 Å². The van der Waals surface area contributed by atoms with E-state index in [9.17, 15) is 18.8 Å². The van der Waals surface area contributed by atoms with Gasteiger partial charge in [-0.3, -0.25) is 9.88 Å². The first-order chi connectivity index (χ1) is 12.9. The lowest BCUT2D eigenvalue weighted by Gasteiger charge is -2.18. The van der Waals surface area contributed by atoms with Crippen molar-refractivity contribution in [2.45, 2.75) is 57.6 Å². The van der Waals surface area contributed by atoms with Crippen LogP contribution < -0.4 is 11.0 Å². The van der Waals surface area contributed by atoms with Crippen LogP contribution in [0.5, 0.6) is 0 Å². The maximum absolute atomic E-state index is 14.3. The zero-order chi connectivity index (χ0) is 19.6. The van der Waals surface area contributed by atoms with Gasteiger partial charge in [0.2, 0.25) is 0 Å². The Bertz CT molecular complexity index is 784. The summed E-state index contributed by atoms with van der Waals surface area (Å²) in [6.45, 7) is 3.82. The zero-order valence-corrected chi connectivity index (χ0v) is 14.8. The molecule has 2 aliphatic heterocycles. The predicted molar refractivity (Wildman–Crippen MR) is 87.7 cm³/mol. The molecule has 3 rings (SSSR count). The third kappa shape index (κ3) is 4.02. The fourth-order valence-corrected chi connectivity index (χ4v) is 2.93. The van der Waals surface area contributed by atoms with Crippen molar-refractivity contribution < 1.29 is 32.9 Å². The van der Waals surface area contributed by atoms with Crippen LogP contribution in [0.2, 0.25) is 0 Å². The van der Waals surface area contributed by atoms with Gasteiger partial charge in [-0.1, -0.05) is 19.8 Å². The molecule has 2 aliphatic rings. The van der Waals surface area contributed by atoms with Crippen molar-refractivity contribution in [3.8, 4) is 0 Å². The van der Waals surface area contributed by atoms with Crippen molar-refractivity contribution in [3.05, 3.63) is 22.5 Å². The Labute approximate surface area is 153 Å². The molecule has 3 heterocycles. The second kappa shape index (κ2) is 7.91. The molecule has 1 aromatic rings. The third-order valence-electron chi connectivity index (χ3n) is 4.27. The summed E-state index contributed by atoms with van der Waals surface area (Å²) in [6, 6.07) is 0. The van der Waals surface area contributed by atoms with E-state index in [0.29, 0.717) is 6.42 Å². The fourth-order valence-electron chi connectivity index (χ4n) is 2.93. The quantitative estimate of drug-likeness (QED) is 0.583. The lowest BCUT2D eigenvalue weighted by Crippen LogP contribution is -2.35. The standard InChI is InChI=1S/C16H20FN3O7/c1-3-4-5-6-24-15(22)19-12-9(17)7-20(14(21)18-12)13-11-10(8(2)25-13)26-16(23)27-11/h7-8,10-11,13H,3-6H2,1-2H3,(H,18,19,21,22)/t8-,10?,11?,13-/m0/s1. The number of aromatic nitrogens is 2. The molecule has 0 radical (unpaired) electrons. The first-order valence-corrected chi connectivity index (χ1v) is 8.66. The van der Waals surface area contributed by atoms with E-state index < -0.39 is 54.1 Å². The first kappa shape index (κ1) is 19.1. The van der Waals surface area contributed by atoms with Crippen molar-refractivity contribution in [1.29, 1.82) is 0 Å². The number of fused-ring (bicyclic) bond motifs is 1. The summed E-state index contributed by atoms with van der Waals surface area (Å²) in [7, 11) is 0. The van der Waals surface area contributed by atoms with Crippen LogP contribution in [0, 0.1) is 5.82 Å². The van der Waals surface area contributed by atoms with Crippen LogP contribution in [-0.2, 0) is 18.9 Å². The molecule has 0 spiro atoms. The zero-order valence-electron chi connectivity index (χ0n) is 14.8. The number of ether oxygens (including phenoxy) is 4. The molecule has 2 saturated heterocycles. The Balaban J connectivity index is 1.71. The van der Waals surface area contributed by atoms with Crippen LogP contribution in [-0.4, -0.2) is 46.7 Å². The van der Waals surface area contributed by atoms with E-state index in [2.05, 4.69) is 10.3 Å². The summed E-state index contributed by atoms with van der Waals surface area (Å²) in [6.07, 6.45) is -1.64. The lowest BCUT2D eigenvalue weighted by atomic mass is 10.1. The smallest absolute Gasteiger partial charge is 0.449 e. The third-order valence-corrected chi connectivity index (χ3v) is 4.27. The summed E-state index contributed by atoms with van der Waals surface area (Å²) in [5.74, 6) is -1.52. The van der Waals surface area contributed by atoms with E-state index in [1.54, 1.807) is 6.92 Å². The Morgan fingerprint density at radius 1 is 1.33 bits per heavy atom. The molecule has 4 atom stereocenters. The van der Waals surface area contributed by atoms with Crippen molar-refractivity contribution in [2.24, 2.45) is 0 Å². The Morgan fingerprint density at radius 3 is 2.81 bits per heavy atom. The van der Waals surface area contributed by atoms with Crippen molar-refractivity contribution in [2.75, 3.05) is 11.9 Å². The average Bonchev–Trinajstić information content (AvgIpc) is 3.13. The summed E-state index contributed by atoms with van der Waals surface area (Å²) in [4.78, 5) is 38.7. The minimum atomic E-state index is -1.08. The molecule has 0 bridgehead atoms. The van der Waals surface area contributed by atoms with Gasteiger partial charge in [-0.25, -0.2) is 18.8 Å². The van der Waals surface area contributed by atoms with Gasteiger partial charge >= 0.3 is 17.9 Å². The Kier molecular flexibility index (Phi) is 5.59. The largest absolute Gasteiger partial charge is 0.509 e. The summed E-state index contributed by atoms with van der Waals surface area (Å²) in [5.41, 5.74) is -0.890. The first-order valence-electron chi connectivity index (χ1n) is 8.66. The van der Waals surface area contributed by atoms with Crippen LogP contribution >= 0.6 is 0 Å². The van der Waals surface area contributed by atoms with Crippen molar-refractivity contribution in [1.82, 2.24) is 9.55 Å². The highest BCUT2D eigenvalue weighted by atomic mass is 19.1. The number of anilines is 1. The SMILES string of the molecule is CCCCCOC(=O)Nc1nc(=O)n([C@H]2O[C@@H](C)C3OC(=O)OC32)cc1F. The predicted octanol–water partition coefficient (Wildman–Crippen LogP) is 1.94. The Hall–Kier alpha value is -2.69. The molecular formula is C16H20FN3O7. The van der Waals surface area contributed by atoms with E-state index >= 15 is 0 Å². The molecule has 2 fully saturated rings. The molecule has 0 aliphatic carbocycles. The number of amides is 1. The maximum Gasteiger partial charge on any atom is 0.509 e. The highest BCUT2D eigenvalue weighted by Crippen LogP contribution is 2.37. The van der Waals surface area contributed by atoms with Crippen LogP contribution in [0.1, 0.15) is 39.3 Å². The summed E-state index contributed by atoms with van der Waals surface area (Å²) < 4.78 is 35.6. The van der Waals surface area contributed by atoms with E-state index in [1.807, 2.05) is 6.92 Å². The average molecular weight is 385 g/mol. The molecule has 10 nitrogen and oxygen atoms in total. The maximum atomic E-state index is 14.3. The van der Waals surface area contributed by atoms with Crippen LogP contribution in [0.15, 0.2) is 11.0 Å². The second-order valence-corrected chi connectivity index (χ2v) is 6.24. The number of unbranched alkanes of at least 4 members (excludes halogenated alkanes) is 2. The molecule has 11 heteroatoms. The number of nitrogens with zero attached hydrogens (tertiary/aromatic N) is 2. The monoisotopic (exact) mass is 385 g/mol. The molecule has 27 heavy (non-hydrogen) atoms. The Morgan fingerprint density at radius 2 is 2.07 bits per heavy atom.